The molecule has 0 saturated heterocycles. The van der Waals surface area contributed by atoms with E-state index < -0.39 is 0 Å². The molecular formula is C17H16BrN3O2. The molecule has 1 amide bonds. The number of anilines is 1. The van der Waals surface area contributed by atoms with Gasteiger partial charge in [-0.2, -0.15) is 0 Å². The van der Waals surface area contributed by atoms with Gasteiger partial charge in [-0.25, -0.2) is 9.97 Å². The van der Waals surface area contributed by atoms with E-state index in [9.17, 15) is 9.59 Å². The molecule has 1 saturated carbocycles. The van der Waals surface area contributed by atoms with Crippen LogP contribution in [-0.2, 0) is 4.79 Å². The van der Waals surface area contributed by atoms with Gasteiger partial charge in [0.05, 0.1) is 5.69 Å². The number of halogens is 1. The zero-order valence-corrected chi connectivity index (χ0v) is 14.4. The van der Waals surface area contributed by atoms with Crippen molar-refractivity contribution < 1.29 is 9.59 Å². The van der Waals surface area contributed by atoms with Crippen LogP contribution in [0.2, 0.25) is 0 Å². The summed E-state index contributed by atoms with van der Waals surface area (Å²) in [6.07, 6.45) is 2.45. The van der Waals surface area contributed by atoms with Crippen molar-refractivity contribution in [2.45, 2.75) is 26.2 Å². The maximum atomic E-state index is 12.4. The van der Waals surface area contributed by atoms with Crippen LogP contribution in [0.15, 0.2) is 34.9 Å². The third kappa shape index (κ3) is 3.47. The van der Waals surface area contributed by atoms with Gasteiger partial charge in [0.1, 0.15) is 5.82 Å². The molecule has 1 fully saturated rings. The molecule has 118 valence electrons. The fourth-order valence-corrected chi connectivity index (χ4v) is 2.93. The Labute approximate surface area is 142 Å². The minimum absolute atomic E-state index is 0.0582. The van der Waals surface area contributed by atoms with Crippen molar-refractivity contribution in [2.75, 3.05) is 5.32 Å². The van der Waals surface area contributed by atoms with Crippen LogP contribution in [0.25, 0.3) is 0 Å². The van der Waals surface area contributed by atoms with Crippen LogP contribution in [0, 0.1) is 12.8 Å². The zero-order valence-electron chi connectivity index (χ0n) is 12.8. The standard InChI is InChI=1S/C17H16BrN3O2/c1-9-5-6-19-16(20-9)13-8-14(13)17(23)21-15-7-11(18)3-4-12(15)10(2)22/h3-7,13-14H,8H2,1-2H3,(H,21,23)/t13-,14-/m0/s1. The Kier molecular flexibility index (Phi) is 4.26. The van der Waals surface area contributed by atoms with Gasteiger partial charge in [0.25, 0.3) is 0 Å². The first-order valence-electron chi connectivity index (χ1n) is 7.36. The molecule has 1 aromatic heterocycles. The summed E-state index contributed by atoms with van der Waals surface area (Å²) in [5, 5.41) is 2.86. The minimum atomic E-state index is -0.143. The lowest BCUT2D eigenvalue weighted by Crippen LogP contribution is -2.17. The topological polar surface area (TPSA) is 72.0 Å². The smallest absolute Gasteiger partial charge is 0.228 e. The summed E-state index contributed by atoms with van der Waals surface area (Å²) in [5.41, 5.74) is 1.94. The summed E-state index contributed by atoms with van der Waals surface area (Å²) in [6.45, 7) is 3.39. The summed E-state index contributed by atoms with van der Waals surface area (Å²) >= 11 is 3.36. The first kappa shape index (κ1) is 15.8. The fraction of sp³-hybridized carbons (Fsp3) is 0.294. The van der Waals surface area contributed by atoms with Crippen molar-refractivity contribution in [2.24, 2.45) is 5.92 Å². The SMILES string of the molecule is CC(=O)c1ccc(Br)cc1NC(=O)[C@H]1C[C@@H]1c1nccc(C)n1. The summed E-state index contributed by atoms with van der Waals surface area (Å²) in [7, 11) is 0. The molecule has 3 rings (SSSR count). The highest BCUT2D eigenvalue weighted by Gasteiger charge is 2.46. The van der Waals surface area contributed by atoms with Crippen LogP contribution >= 0.6 is 15.9 Å². The molecule has 1 aromatic carbocycles. The quantitative estimate of drug-likeness (QED) is 0.832. The number of hydrogen-bond donors (Lipinski definition) is 1. The van der Waals surface area contributed by atoms with E-state index in [0.29, 0.717) is 17.1 Å². The van der Waals surface area contributed by atoms with E-state index in [4.69, 9.17) is 0 Å². The number of Topliss-reactive ketones (excluding diaryl/α,β-unsaturated/α-hetero) is 1. The Hall–Kier alpha value is -2.08. The van der Waals surface area contributed by atoms with Crippen LogP contribution in [0.4, 0.5) is 5.69 Å². The minimum Gasteiger partial charge on any atom is -0.325 e. The molecule has 0 radical (unpaired) electrons. The summed E-state index contributed by atoms with van der Waals surface area (Å²) in [6, 6.07) is 7.07. The lowest BCUT2D eigenvalue weighted by atomic mass is 10.1. The summed E-state index contributed by atoms with van der Waals surface area (Å²) in [4.78, 5) is 32.7. The lowest BCUT2D eigenvalue weighted by molar-refractivity contribution is -0.117. The van der Waals surface area contributed by atoms with E-state index in [-0.39, 0.29) is 23.5 Å². The molecule has 1 aliphatic rings. The molecule has 1 aliphatic carbocycles. The Morgan fingerprint density at radius 2 is 2.09 bits per heavy atom. The number of amides is 1. The van der Waals surface area contributed by atoms with Crippen LogP contribution in [-0.4, -0.2) is 21.7 Å². The normalized spacial score (nSPS) is 19.3. The van der Waals surface area contributed by atoms with E-state index in [0.717, 1.165) is 16.6 Å². The van der Waals surface area contributed by atoms with Crippen molar-refractivity contribution >= 4 is 33.3 Å². The van der Waals surface area contributed by atoms with Crippen molar-refractivity contribution in [1.82, 2.24) is 9.97 Å². The highest BCUT2D eigenvalue weighted by molar-refractivity contribution is 9.10. The Balaban J connectivity index is 1.74. The van der Waals surface area contributed by atoms with Gasteiger partial charge in [0.15, 0.2) is 5.78 Å². The number of nitrogens with zero attached hydrogens (tertiary/aromatic N) is 2. The first-order chi connectivity index (χ1) is 11.0. The van der Waals surface area contributed by atoms with E-state index in [1.165, 1.54) is 6.92 Å². The maximum Gasteiger partial charge on any atom is 0.228 e. The first-order valence-corrected chi connectivity index (χ1v) is 8.16. The van der Waals surface area contributed by atoms with Gasteiger partial charge in [-0.15, -0.1) is 0 Å². The number of benzene rings is 1. The summed E-state index contributed by atoms with van der Waals surface area (Å²) < 4.78 is 0.812. The second kappa shape index (κ2) is 6.20. The molecule has 1 N–H and O–H groups in total. The number of carbonyl (C=O) groups excluding carboxylic acids is 2. The average Bonchev–Trinajstić information content (AvgIpc) is 3.27. The Morgan fingerprint density at radius 3 is 2.78 bits per heavy atom. The molecule has 2 atom stereocenters. The Bertz CT molecular complexity index is 791. The van der Waals surface area contributed by atoms with E-state index >= 15 is 0 Å². The molecule has 6 heteroatoms. The van der Waals surface area contributed by atoms with Gasteiger partial charge in [0.2, 0.25) is 5.91 Å². The number of hydrogen-bond acceptors (Lipinski definition) is 4. The largest absolute Gasteiger partial charge is 0.325 e. The third-order valence-electron chi connectivity index (χ3n) is 3.89. The van der Waals surface area contributed by atoms with Crippen molar-refractivity contribution in [3.8, 4) is 0 Å². The van der Waals surface area contributed by atoms with Crippen LogP contribution < -0.4 is 5.32 Å². The molecule has 0 aliphatic heterocycles. The van der Waals surface area contributed by atoms with Crippen LogP contribution in [0.3, 0.4) is 0 Å². The van der Waals surface area contributed by atoms with Gasteiger partial charge in [-0.3, -0.25) is 9.59 Å². The van der Waals surface area contributed by atoms with Gasteiger partial charge in [0, 0.05) is 33.8 Å². The van der Waals surface area contributed by atoms with Crippen LogP contribution in [0.1, 0.15) is 41.1 Å². The predicted octanol–water partition coefficient (Wildman–Crippen LogP) is 3.49. The Morgan fingerprint density at radius 1 is 1.30 bits per heavy atom. The van der Waals surface area contributed by atoms with Gasteiger partial charge >= 0.3 is 0 Å². The molecule has 1 heterocycles. The van der Waals surface area contributed by atoms with Gasteiger partial charge in [-0.05, 0) is 44.5 Å². The molecule has 0 unspecified atom stereocenters. The van der Waals surface area contributed by atoms with E-state index in [1.54, 1.807) is 24.4 Å². The second-order valence-electron chi connectivity index (χ2n) is 5.74. The monoisotopic (exact) mass is 373 g/mol. The van der Waals surface area contributed by atoms with Gasteiger partial charge < -0.3 is 5.32 Å². The number of rotatable bonds is 4. The lowest BCUT2D eigenvalue weighted by Gasteiger charge is -2.09. The van der Waals surface area contributed by atoms with Gasteiger partial charge in [-0.1, -0.05) is 15.9 Å². The molecule has 2 aromatic rings. The number of nitrogens with one attached hydrogen (secondary N) is 1. The fourth-order valence-electron chi connectivity index (χ4n) is 2.57. The maximum absolute atomic E-state index is 12.4. The highest BCUT2D eigenvalue weighted by Crippen LogP contribution is 2.46. The molecule has 0 spiro atoms. The number of aromatic nitrogens is 2. The molecular weight excluding hydrogens is 358 g/mol. The summed E-state index contributed by atoms with van der Waals surface area (Å²) in [5.74, 6) is 0.451. The van der Waals surface area contributed by atoms with Crippen LogP contribution in [0.5, 0.6) is 0 Å². The van der Waals surface area contributed by atoms with E-state index in [1.807, 2.05) is 13.0 Å². The van der Waals surface area contributed by atoms with Crippen molar-refractivity contribution in [3.63, 3.8) is 0 Å². The number of aryl methyl sites for hydroxylation is 1. The van der Waals surface area contributed by atoms with Crippen molar-refractivity contribution in [3.05, 3.63) is 52.0 Å². The molecule has 23 heavy (non-hydrogen) atoms. The number of ketones is 1. The van der Waals surface area contributed by atoms with E-state index in [2.05, 4.69) is 31.2 Å². The predicted molar refractivity (Wildman–Crippen MR) is 90.4 cm³/mol. The number of carbonyl (C=O) groups is 2. The highest BCUT2D eigenvalue weighted by atomic mass is 79.9. The second-order valence-corrected chi connectivity index (χ2v) is 6.66. The molecule has 5 nitrogen and oxygen atoms in total. The zero-order chi connectivity index (χ0) is 16.6. The van der Waals surface area contributed by atoms with Crippen molar-refractivity contribution in [1.29, 1.82) is 0 Å². The average molecular weight is 374 g/mol. The third-order valence-corrected chi connectivity index (χ3v) is 4.38. The molecule has 0 bridgehead atoms.